The van der Waals surface area contributed by atoms with Gasteiger partial charge in [-0.15, -0.1) is 0 Å². The standard InChI is InChI=1S/C15H26N2O/c1-4-17(3)11-10-16-9-6-12-18-15-8-5-7-14(2)13-15/h5,7-8,13,16H,4,6,9-12H2,1-3H3. The summed E-state index contributed by atoms with van der Waals surface area (Å²) in [5.41, 5.74) is 1.24. The third kappa shape index (κ3) is 6.62. The van der Waals surface area contributed by atoms with Gasteiger partial charge in [-0.25, -0.2) is 0 Å². The summed E-state index contributed by atoms with van der Waals surface area (Å²) in [6.07, 6.45) is 1.05. The summed E-state index contributed by atoms with van der Waals surface area (Å²) in [7, 11) is 2.14. The van der Waals surface area contributed by atoms with Crippen LogP contribution in [0.15, 0.2) is 24.3 Å². The zero-order valence-electron chi connectivity index (χ0n) is 11.9. The van der Waals surface area contributed by atoms with Crippen LogP contribution < -0.4 is 10.1 Å². The predicted molar refractivity (Wildman–Crippen MR) is 77.3 cm³/mol. The zero-order valence-corrected chi connectivity index (χ0v) is 11.9. The Balaban J connectivity index is 1.99. The molecular weight excluding hydrogens is 224 g/mol. The molecule has 0 saturated carbocycles. The molecular formula is C15H26N2O. The first kappa shape index (κ1) is 15.0. The average Bonchev–Trinajstić information content (AvgIpc) is 2.37. The topological polar surface area (TPSA) is 24.5 Å². The van der Waals surface area contributed by atoms with Gasteiger partial charge in [0.1, 0.15) is 5.75 Å². The van der Waals surface area contributed by atoms with Gasteiger partial charge in [0.2, 0.25) is 0 Å². The van der Waals surface area contributed by atoms with Crippen molar-refractivity contribution in [3.05, 3.63) is 29.8 Å². The van der Waals surface area contributed by atoms with E-state index in [1.807, 2.05) is 12.1 Å². The lowest BCUT2D eigenvalue weighted by Crippen LogP contribution is -2.30. The Hall–Kier alpha value is -1.06. The number of ether oxygens (including phenoxy) is 1. The van der Waals surface area contributed by atoms with Gasteiger partial charge in [-0.1, -0.05) is 19.1 Å². The minimum Gasteiger partial charge on any atom is -0.494 e. The Bertz CT molecular complexity index is 328. The second-order valence-electron chi connectivity index (χ2n) is 4.66. The summed E-state index contributed by atoms with van der Waals surface area (Å²) < 4.78 is 5.69. The molecule has 0 saturated heterocycles. The maximum atomic E-state index is 5.69. The summed E-state index contributed by atoms with van der Waals surface area (Å²) in [4.78, 5) is 2.30. The van der Waals surface area contributed by atoms with Crippen molar-refractivity contribution in [1.29, 1.82) is 0 Å². The lowest BCUT2D eigenvalue weighted by molar-refractivity contribution is 0.303. The molecule has 0 fully saturated rings. The van der Waals surface area contributed by atoms with Crippen molar-refractivity contribution in [3.63, 3.8) is 0 Å². The monoisotopic (exact) mass is 250 g/mol. The SMILES string of the molecule is CCN(C)CCNCCCOc1cccc(C)c1. The molecule has 0 heterocycles. The molecule has 1 aromatic rings. The fraction of sp³-hybridized carbons (Fsp3) is 0.600. The first-order valence-corrected chi connectivity index (χ1v) is 6.81. The van der Waals surface area contributed by atoms with Crippen molar-refractivity contribution in [1.82, 2.24) is 10.2 Å². The van der Waals surface area contributed by atoms with E-state index in [2.05, 4.69) is 43.2 Å². The first-order chi connectivity index (χ1) is 8.72. The van der Waals surface area contributed by atoms with Crippen LogP contribution in [-0.2, 0) is 0 Å². The number of hydrogen-bond donors (Lipinski definition) is 1. The third-order valence-corrected chi connectivity index (χ3v) is 2.97. The molecule has 0 amide bonds. The molecule has 0 spiro atoms. The summed E-state index contributed by atoms with van der Waals surface area (Å²) in [5, 5.41) is 3.43. The van der Waals surface area contributed by atoms with Crippen molar-refractivity contribution in [2.45, 2.75) is 20.3 Å². The second kappa shape index (κ2) is 8.95. The molecule has 0 aromatic heterocycles. The molecule has 3 nitrogen and oxygen atoms in total. The smallest absolute Gasteiger partial charge is 0.119 e. The van der Waals surface area contributed by atoms with E-state index >= 15 is 0 Å². The van der Waals surface area contributed by atoms with Crippen LogP contribution in [0, 0.1) is 6.92 Å². The van der Waals surface area contributed by atoms with Crippen LogP contribution in [0.3, 0.4) is 0 Å². The van der Waals surface area contributed by atoms with Crippen LogP contribution in [0.25, 0.3) is 0 Å². The maximum absolute atomic E-state index is 5.69. The van der Waals surface area contributed by atoms with Gasteiger partial charge in [0, 0.05) is 13.1 Å². The van der Waals surface area contributed by atoms with Gasteiger partial charge < -0.3 is 15.0 Å². The normalized spacial score (nSPS) is 10.9. The largest absolute Gasteiger partial charge is 0.494 e. The molecule has 0 aliphatic carbocycles. The van der Waals surface area contributed by atoms with E-state index in [4.69, 9.17) is 4.74 Å². The molecule has 0 unspecified atom stereocenters. The van der Waals surface area contributed by atoms with Crippen LogP contribution in [0.4, 0.5) is 0 Å². The van der Waals surface area contributed by atoms with Crippen molar-refractivity contribution in [3.8, 4) is 5.75 Å². The number of aryl methyl sites for hydroxylation is 1. The van der Waals surface area contributed by atoms with Crippen molar-refractivity contribution >= 4 is 0 Å². The van der Waals surface area contributed by atoms with Crippen molar-refractivity contribution < 1.29 is 4.74 Å². The first-order valence-electron chi connectivity index (χ1n) is 6.81. The van der Waals surface area contributed by atoms with E-state index in [9.17, 15) is 0 Å². The van der Waals surface area contributed by atoms with Gasteiger partial charge in [-0.05, 0) is 51.2 Å². The van der Waals surface area contributed by atoms with Crippen LogP contribution in [-0.4, -0.2) is 44.7 Å². The fourth-order valence-electron chi connectivity index (χ4n) is 1.65. The zero-order chi connectivity index (χ0) is 13.2. The lowest BCUT2D eigenvalue weighted by atomic mass is 10.2. The third-order valence-electron chi connectivity index (χ3n) is 2.97. The minimum atomic E-state index is 0.778. The fourth-order valence-corrected chi connectivity index (χ4v) is 1.65. The van der Waals surface area contributed by atoms with Gasteiger partial charge in [0.15, 0.2) is 0 Å². The molecule has 102 valence electrons. The molecule has 3 heteroatoms. The molecule has 0 atom stereocenters. The van der Waals surface area contributed by atoms with Crippen LogP contribution in [0.5, 0.6) is 5.75 Å². The maximum Gasteiger partial charge on any atom is 0.119 e. The highest BCUT2D eigenvalue weighted by Gasteiger charge is 1.95. The second-order valence-corrected chi connectivity index (χ2v) is 4.66. The van der Waals surface area contributed by atoms with Crippen LogP contribution in [0.2, 0.25) is 0 Å². The Morgan fingerprint density at radius 2 is 2.11 bits per heavy atom. The quantitative estimate of drug-likeness (QED) is 0.681. The molecule has 1 rings (SSSR count). The highest BCUT2D eigenvalue weighted by Crippen LogP contribution is 2.12. The average molecular weight is 250 g/mol. The number of hydrogen-bond acceptors (Lipinski definition) is 3. The van der Waals surface area contributed by atoms with Crippen molar-refractivity contribution in [2.75, 3.05) is 39.8 Å². The van der Waals surface area contributed by atoms with Crippen molar-refractivity contribution in [2.24, 2.45) is 0 Å². The Morgan fingerprint density at radius 1 is 1.28 bits per heavy atom. The summed E-state index contributed by atoms with van der Waals surface area (Å²) in [5.74, 6) is 0.973. The number of nitrogens with zero attached hydrogens (tertiary/aromatic N) is 1. The highest BCUT2D eigenvalue weighted by atomic mass is 16.5. The number of nitrogens with one attached hydrogen (secondary N) is 1. The van der Waals surface area contributed by atoms with Gasteiger partial charge in [0.25, 0.3) is 0 Å². The Morgan fingerprint density at radius 3 is 2.83 bits per heavy atom. The molecule has 1 N–H and O–H groups in total. The Kier molecular flexibility index (Phi) is 7.46. The molecule has 0 bridgehead atoms. The highest BCUT2D eigenvalue weighted by molar-refractivity contribution is 5.27. The minimum absolute atomic E-state index is 0.778. The van der Waals surface area contributed by atoms with Gasteiger partial charge in [0.05, 0.1) is 6.61 Å². The summed E-state index contributed by atoms with van der Waals surface area (Å²) >= 11 is 0. The number of benzene rings is 1. The number of rotatable bonds is 9. The summed E-state index contributed by atoms with van der Waals surface area (Å²) in [6, 6.07) is 8.20. The van der Waals surface area contributed by atoms with E-state index in [1.165, 1.54) is 5.56 Å². The molecule has 1 aromatic carbocycles. The molecule has 0 aliphatic heterocycles. The van der Waals surface area contributed by atoms with Gasteiger partial charge in [-0.3, -0.25) is 0 Å². The molecule has 0 aliphatic rings. The summed E-state index contributed by atoms with van der Waals surface area (Å²) in [6.45, 7) is 9.32. The van der Waals surface area contributed by atoms with E-state index in [-0.39, 0.29) is 0 Å². The molecule has 0 radical (unpaired) electrons. The Labute approximate surface area is 111 Å². The predicted octanol–water partition coefficient (Wildman–Crippen LogP) is 2.31. The van der Waals surface area contributed by atoms with Gasteiger partial charge >= 0.3 is 0 Å². The number of likely N-dealkylation sites (N-methyl/N-ethyl adjacent to an activating group) is 1. The van der Waals surface area contributed by atoms with Crippen LogP contribution in [0.1, 0.15) is 18.9 Å². The lowest BCUT2D eigenvalue weighted by Gasteiger charge is -2.14. The van der Waals surface area contributed by atoms with E-state index in [0.29, 0.717) is 0 Å². The van der Waals surface area contributed by atoms with E-state index in [0.717, 1.165) is 45.0 Å². The van der Waals surface area contributed by atoms with E-state index < -0.39 is 0 Å². The van der Waals surface area contributed by atoms with Crippen LogP contribution >= 0.6 is 0 Å². The molecule has 18 heavy (non-hydrogen) atoms. The van der Waals surface area contributed by atoms with E-state index in [1.54, 1.807) is 0 Å². The van der Waals surface area contributed by atoms with Gasteiger partial charge in [-0.2, -0.15) is 0 Å².